The minimum Gasteiger partial charge on any atom is -0.478 e. The first-order valence-electron chi connectivity index (χ1n) is 6.11. The third-order valence-corrected chi connectivity index (χ3v) is 2.14. The first-order chi connectivity index (χ1) is 12.2. The Morgan fingerprint density at radius 2 is 1.21 bits per heavy atom. The van der Waals surface area contributed by atoms with Gasteiger partial charge in [-0.25, -0.2) is 14.3 Å². The molecule has 28 heavy (non-hydrogen) atoms. The van der Waals surface area contributed by atoms with Gasteiger partial charge < -0.3 is 9.84 Å². The molecule has 0 heterocycles. The van der Waals surface area contributed by atoms with Crippen LogP contribution in [0.3, 0.4) is 0 Å². The van der Waals surface area contributed by atoms with Crippen molar-refractivity contribution in [3.05, 3.63) is 25.3 Å². The summed E-state index contributed by atoms with van der Waals surface area (Å²) in [7, 11) is 0. The predicted octanol–water partition coefficient (Wildman–Crippen LogP) is 4.01. The van der Waals surface area contributed by atoms with Crippen molar-refractivity contribution < 1.29 is 72.5 Å². The molecule has 0 aliphatic rings. The lowest BCUT2D eigenvalue weighted by molar-refractivity contribution is -0.497. The van der Waals surface area contributed by atoms with Gasteiger partial charge in [-0.1, -0.05) is 13.2 Å². The van der Waals surface area contributed by atoms with Crippen LogP contribution >= 0.6 is 0 Å². The number of carbonyl (C=O) groups excluding carboxylic acids is 1. The lowest BCUT2D eigenvalue weighted by atomic mass is 10.3. The van der Waals surface area contributed by atoms with E-state index >= 15 is 0 Å². The number of rotatable bonds is 8. The van der Waals surface area contributed by atoms with Gasteiger partial charge in [0.2, 0.25) is 0 Å². The third-order valence-electron chi connectivity index (χ3n) is 2.14. The van der Waals surface area contributed by atoms with Crippen molar-refractivity contribution in [1.82, 2.24) is 0 Å². The van der Waals surface area contributed by atoms with E-state index < -0.39 is 48.8 Å². The van der Waals surface area contributed by atoms with Crippen LogP contribution in [0.5, 0.6) is 0 Å². The summed E-state index contributed by atoms with van der Waals surface area (Å²) in [5.74, 6) is -15.8. The van der Waals surface area contributed by atoms with Crippen LogP contribution in [0.15, 0.2) is 25.3 Å². The number of carboxylic acids is 1. The van der Waals surface area contributed by atoms with E-state index in [0.717, 1.165) is 6.08 Å². The van der Waals surface area contributed by atoms with E-state index in [1.807, 2.05) is 0 Å². The van der Waals surface area contributed by atoms with Gasteiger partial charge in [-0.15, -0.1) is 0 Å². The molecule has 0 rings (SSSR count). The number of aliphatic carboxylic acids is 1. The fourth-order valence-corrected chi connectivity index (χ4v) is 0.769. The van der Waals surface area contributed by atoms with Crippen LogP contribution in [0.25, 0.3) is 0 Å². The van der Waals surface area contributed by atoms with Gasteiger partial charge in [-0.05, 0) is 0 Å². The van der Waals surface area contributed by atoms with Gasteiger partial charge in [0.05, 0.1) is 0 Å². The number of hydrogen-bond acceptors (Lipinski definition) is 4. The van der Waals surface area contributed by atoms with Crippen molar-refractivity contribution in [3.8, 4) is 0 Å². The molecule has 164 valence electrons. The average Bonchev–Trinajstić information content (AvgIpc) is 2.50. The van der Waals surface area contributed by atoms with E-state index in [1.54, 1.807) is 4.74 Å². The molecule has 0 radical (unpaired) electrons. The maximum absolute atomic E-state index is 12.9. The molecule has 0 aliphatic heterocycles. The zero-order valence-corrected chi connectivity index (χ0v) is 13.0. The maximum Gasteiger partial charge on any atom is 0.462 e. The van der Waals surface area contributed by atoms with Crippen LogP contribution in [0.4, 0.5) is 48.3 Å². The number of alkyl halides is 11. The first kappa shape index (κ1) is 27.8. The van der Waals surface area contributed by atoms with Gasteiger partial charge in [0.1, 0.15) is 0 Å². The highest BCUT2D eigenvalue weighted by atomic mass is 19.4. The molecule has 0 unspecified atom stereocenters. The summed E-state index contributed by atoms with van der Waals surface area (Å²) in [5, 5.41) is 7.60. The molecule has 0 aromatic heterocycles. The van der Waals surface area contributed by atoms with Gasteiger partial charge >= 0.3 is 42.2 Å². The van der Waals surface area contributed by atoms with E-state index in [-0.39, 0.29) is 6.08 Å². The van der Waals surface area contributed by atoms with Crippen LogP contribution in [0.2, 0.25) is 0 Å². The van der Waals surface area contributed by atoms with Crippen LogP contribution in [-0.4, -0.2) is 53.9 Å². The van der Waals surface area contributed by atoms with Crippen LogP contribution < -0.4 is 0 Å². The Kier molecular flexibility index (Phi) is 9.15. The molecule has 1 N–H and O–H groups in total. The molecule has 0 saturated carbocycles. The molecule has 0 amide bonds. The lowest BCUT2D eigenvalue weighted by Crippen LogP contribution is -2.59. The summed E-state index contributed by atoms with van der Waals surface area (Å²) < 4.78 is 141. The zero-order chi connectivity index (χ0) is 23.2. The molecule has 0 bridgehead atoms. The summed E-state index contributed by atoms with van der Waals surface area (Å²) in [5.41, 5.74) is 0. The summed E-state index contributed by atoms with van der Waals surface area (Å²) >= 11 is 0. The van der Waals surface area contributed by atoms with Gasteiger partial charge in [-0.2, -0.15) is 48.3 Å². The Morgan fingerprint density at radius 1 is 0.821 bits per heavy atom. The van der Waals surface area contributed by atoms with Gasteiger partial charge in [0.15, 0.2) is 6.61 Å². The van der Waals surface area contributed by atoms with Crippen LogP contribution in [-0.2, 0) is 19.1 Å². The van der Waals surface area contributed by atoms with Crippen LogP contribution in [0, 0.1) is 0 Å². The Bertz CT molecular complexity index is 583. The largest absolute Gasteiger partial charge is 0.478 e. The topological polar surface area (TPSA) is 72.8 Å². The predicted molar refractivity (Wildman–Crippen MR) is 65.9 cm³/mol. The monoisotopic (exact) mass is 442 g/mol. The second-order valence-corrected chi connectivity index (χ2v) is 4.27. The molecule has 16 heteroatoms. The highest BCUT2D eigenvalue weighted by Gasteiger charge is 2.78. The van der Waals surface area contributed by atoms with Crippen molar-refractivity contribution in [2.45, 2.75) is 30.2 Å². The van der Waals surface area contributed by atoms with Crippen molar-refractivity contribution >= 4 is 11.9 Å². The summed E-state index contributed by atoms with van der Waals surface area (Å²) in [4.78, 5) is 19.6. The van der Waals surface area contributed by atoms with E-state index in [9.17, 15) is 57.9 Å². The molecule has 0 saturated heterocycles. The Balaban J connectivity index is 0. The molecule has 0 atom stereocenters. The number of carbonyl (C=O) groups is 2. The summed E-state index contributed by atoms with van der Waals surface area (Å²) in [6, 6.07) is 0. The SMILES string of the molecule is C=CC(=O)O.C=CC(=O)OCC(F)(F)C(F)(F)OC(F)(F)C(F)(F)C(F)(F)F. The maximum atomic E-state index is 12.9. The third kappa shape index (κ3) is 7.32. The Hall–Kier alpha value is -2.39. The number of carboxylic acid groups (broad SMARTS) is 1. The quantitative estimate of drug-likeness (QED) is 0.350. The minimum absolute atomic E-state index is 0.196. The number of ether oxygens (including phenoxy) is 2. The Morgan fingerprint density at radius 3 is 1.50 bits per heavy atom. The van der Waals surface area contributed by atoms with E-state index in [1.165, 1.54) is 0 Å². The molecule has 0 aliphatic carbocycles. The second kappa shape index (κ2) is 9.20. The van der Waals surface area contributed by atoms with Crippen molar-refractivity contribution in [1.29, 1.82) is 0 Å². The van der Waals surface area contributed by atoms with E-state index in [2.05, 4.69) is 17.9 Å². The minimum atomic E-state index is -7.20. The molecule has 0 spiro atoms. The molecular weight excluding hydrogens is 433 g/mol. The van der Waals surface area contributed by atoms with E-state index in [4.69, 9.17) is 5.11 Å². The molecule has 0 fully saturated rings. The molecule has 0 aromatic rings. The Labute approximate surface area is 148 Å². The normalized spacial score (nSPS) is 13.1. The average molecular weight is 442 g/mol. The number of hydrogen-bond donors (Lipinski definition) is 1. The van der Waals surface area contributed by atoms with Crippen molar-refractivity contribution in [2.75, 3.05) is 6.61 Å². The fourth-order valence-electron chi connectivity index (χ4n) is 0.769. The molecule has 5 nitrogen and oxygen atoms in total. The summed E-state index contributed by atoms with van der Waals surface area (Å²) in [6.45, 7) is 2.97. The highest BCUT2D eigenvalue weighted by molar-refractivity contribution is 5.81. The molecule has 0 aromatic carbocycles. The van der Waals surface area contributed by atoms with Gasteiger partial charge in [-0.3, -0.25) is 0 Å². The van der Waals surface area contributed by atoms with Crippen molar-refractivity contribution in [3.63, 3.8) is 0 Å². The highest BCUT2D eigenvalue weighted by Crippen LogP contribution is 2.51. The fraction of sp³-hybridized carbons (Fsp3) is 0.500. The second-order valence-electron chi connectivity index (χ2n) is 4.27. The molecular formula is C12H9F11O5. The standard InChI is InChI=1S/C9H5F11O3.C3H4O2/c1-2-4(21)22-3-5(10,11)8(17,18)23-9(19,20)6(12,13)7(14,15)16;1-2-3(4)5/h2H,1,3H2;2H,1H2,(H,4,5). The van der Waals surface area contributed by atoms with Gasteiger partial charge in [0, 0.05) is 12.2 Å². The van der Waals surface area contributed by atoms with Crippen molar-refractivity contribution in [2.24, 2.45) is 0 Å². The smallest absolute Gasteiger partial charge is 0.462 e. The van der Waals surface area contributed by atoms with Gasteiger partial charge in [0.25, 0.3) is 0 Å². The number of halogens is 11. The van der Waals surface area contributed by atoms with Crippen LogP contribution in [0.1, 0.15) is 0 Å². The zero-order valence-electron chi connectivity index (χ0n) is 13.0. The first-order valence-corrected chi connectivity index (χ1v) is 6.11. The summed E-state index contributed by atoms with van der Waals surface area (Å²) in [6.07, 6.45) is -19.6. The number of esters is 1. The van der Waals surface area contributed by atoms with E-state index in [0.29, 0.717) is 0 Å². The lowest BCUT2D eigenvalue weighted by Gasteiger charge is -2.33.